The molecule has 3 aliphatic rings. The third kappa shape index (κ3) is 6.29. The summed E-state index contributed by atoms with van der Waals surface area (Å²) in [5.41, 5.74) is -0.562. The lowest BCUT2D eigenvalue weighted by atomic mass is 9.52. The first-order chi connectivity index (χ1) is 17.4. The minimum Gasteiger partial charge on any atom is -0.484 e. The van der Waals surface area contributed by atoms with Crippen molar-refractivity contribution < 1.29 is 36.6 Å². The summed E-state index contributed by atoms with van der Waals surface area (Å²) in [6.45, 7) is 1.77. The zero-order valence-corrected chi connectivity index (χ0v) is 20.8. The molecular formula is C26H27ClF4N2O4. The van der Waals surface area contributed by atoms with Gasteiger partial charge in [0.1, 0.15) is 17.3 Å². The second-order valence-corrected chi connectivity index (χ2v) is 10.2. The van der Waals surface area contributed by atoms with E-state index in [1.165, 1.54) is 30.3 Å². The molecule has 0 radical (unpaired) electrons. The third-order valence-corrected chi connectivity index (χ3v) is 7.75. The standard InChI is InChI=1S/C26H27ClF4N2O4/c1-16-13-24(33-22(34)15-36-18-5-6-20(27)21(28)12-18)7-9-25(16,10-8-24)23(35)32-14-17-3-2-4-19(11-17)37-26(29,30)31/h2-6,11-12,16H,7-10,13-15H2,1H3,(H,32,35)(H,33,34). The van der Waals surface area contributed by atoms with Gasteiger partial charge in [-0.05, 0) is 67.9 Å². The lowest BCUT2D eigenvalue weighted by Gasteiger charge is -2.56. The second-order valence-electron chi connectivity index (χ2n) is 9.83. The smallest absolute Gasteiger partial charge is 0.484 e. The molecule has 2 aromatic carbocycles. The Kier molecular flexibility index (Phi) is 7.60. The Morgan fingerprint density at radius 2 is 1.81 bits per heavy atom. The van der Waals surface area contributed by atoms with Crippen molar-refractivity contribution >= 4 is 23.4 Å². The van der Waals surface area contributed by atoms with Crippen molar-refractivity contribution in [1.29, 1.82) is 0 Å². The highest BCUT2D eigenvalue weighted by molar-refractivity contribution is 6.30. The largest absolute Gasteiger partial charge is 0.573 e. The average molecular weight is 543 g/mol. The Morgan fingerprint density at radius 3 is 2.46 bits per heavy atom. The van der Waals surface area contributed by atoms with Crippen LogP contribution in [-0.2, 0) is 16.1 Å². The van der Waals surface area contributed by atoms with E-state index >= 15 is 0 Å². The van der Waals surface area contributed by atoms with E-state index in [0.717, 1.165) is 6.07 Å². The van der Waals surface area contributed by atoms with Crippen molar-refractivity contribution in [3.63, 3.8) is 0 Å². The van der Waals surface area contributed by atoms with Gasteiger partial charge in [-0.2, -0.15) is 0 Å². The van der Waals surface area contributed by atoms with E-state index in [9.17, 15) is 27.2 Å². The highest BCUT2D eigenvalue weighted by atomic mass is 35.5. The van der Waals surface area contributed by atoms with Gasteiger partial charge in [0.2, 0.25) is 5.91 Å². The summed E-state index contributed by atoms with van der Waals surface area (Å²) in [6, 6.07) is 9.45. The van der Waals surface area contributed by atoms with Gasteiger partial charge in [-0.15, -0.1) is 13.2 Å². The van der Waals surface area contributed by atoms with Crippen LogP contribution >= 0.6 is 11.6 Å². The minimum atomic E-state index is -4.79. The van der Waals surface area contributed by atoms with Crippen molar-refractivity contribution in [2.75, 3.05) is 6.61 Å². The highest BCUT2D eigenvalue weighted by Gasteiger charge is 2.56. The molecule has 1 atom stereocenters. The van der Waals surface area contributed by atoms with Crippen LogP contribution in [0.1, 0.15) is 44.6 Å². The van der Waals surface area contributed by atoms with Crippen molar-refractivity contribution in [2.45, 2.75) is 57.5 Å². The minimum absolute atomic E-state index is 0.0264. The van der Waals surface area contributed by atoms with Crippen molar-refractivity contribution in [2.24, 2.45) is 11.3 Å². The van der Waals surface area contributed by atoms with Gasteiger partial charge < -0.3 is 20.1 Å². The molecule has 2 aromatic rings. The van der Waals surface area contributed by atoms with E-state index in [0.29, 0.717) is 37.7 Å². The highest BCUT2D eigenvalue weighted by Crippen LogP contribution is 2.55. The number of alkyl halides is 3. The third-order valence-electron chi connectivity index (χ3n) is 7.44. The monoisotopic (exact) mass is 542 g/mol. The van der Waals surface area contributed by atoms with Gasteiger partial charge in [-0.3, -0.25) is 9.59 Å². The predicted molar refractivity (Wildman–Crippen MR) is 127 cm³/mol. The molecule has 1 unspecified atom stereocenters. The number of ether oxygens (including phenoxy) is 2. The van der Waals surface area contributed by atoms with Crippen molar-refractivity contribution in [1.82, 2.24) is 10.6 Å². The summed E-state index contributed by atoms with van der Waals surface area (Å²) in [7, 11) is 0. The molecule has 5 rings (SSSR count). The molecule has 0 aliphatic heterocycles. The van der Waals surface area contributed by atoms with E-state index < -0.39 is 23.1 Å². The second kappa shape index (κ2) is 10.4. The van der Waals surface area contributed by atoms with Crippen LogP contribution in [0.5, 0.6) is 11.5 Å². The summed E-state index contributed by atoms with van der Waals surface area (Å²) in [5.74, 6) is -1.28. The number of halogens is 5. The molecule has 0 heterocycles. The van der Waals surface area contributed by atoms with Crippen LogP contribution < -0.4 is 20.1 Å². The van der Waals surface area contributed by atoms with Crippen LogP contribution in [0.15, 0.2) is 42.5 Å². The maximum absolute atomic E-state index is 13.6. The van der Waals surface area contributed by atoms with E-state index in [1.54, 1.807) is 6.07 Å². The number of rotatable bonds is 8. The van der Waals surface area contributed by atoms with Crippen LogP contribution in [0.2, 0.25) is 5.02 Å². The Hall–Kier alpha value is -3.01. The van der Waals surface area contributed by atoms with Crippen molar-refractivity contribution in [3.8, 4) is 11.5 Å². The number of hydrogen-bond donors (Lipinski definition) is 2. The van der Waals surface area contributed by atoms with Gasteiger partial charge in [0.15, 0.2) is 6.61 Å². The maximum atomic E-state index is 13.6. The van der Waals surface area contributed by atoms with E-state index in [1.807, 2.05) is 6.92 Å². The normalized spacial score (nSPS) is 24.9. The van der Waals surface area contributed by atoms with Crippen molar-refractivity contribution in [3.05, 3.63) is 58.9 Å². The van der Waals surface area contributed by atoms with Gasteiger partial charge in [0.25, 0.3) is 5.91 Å². The summed E-state index contributed by atoms with van der Waals surface area (Å²) in [4.78, 5) is 25.8. The summed E-state index contributed by atoms with van der Waals surface area (Å²) in [6.07, 6.45) is -1.82. The molecule has 200 valence electrons. The summed E-state index contributed by atoms with van der Waals surface area (Å²) in [5, 5.41) is 5.91. The van der Waals surface area contributed by atoms with Crippen LogP contribution in [0.25, 0.3) is 0 Å². The zero-order valence-electron chi connectivity index (χ0n) is 20.1. The first kappa shape index (κ1) is 27.0. The molecule has 2 N–H and O–H groups in total. The molecule has 0 saturated heterocycles. The molecule has 11 heteroatoms. The number of nitrogens with one attached hydrogen (secondary N) is 2. The fraction of sp³-hybridized carbons (Fsp3) is 0.462. The quantitative estimate of drug-likeness (QED) is 0.430. The van der Waals surface area contributed by atoms with Gasteiger partial charge in [-0.25, -0.2) is 4.39 Å². The summed E-state index contributed by atoms with van der Waals surface area (Å²) < 4.78 is 60.4. The topological polar surface area (TPSA) is 76.7 Å². The molecule has 0 aromatic heterocycles. The van der Waals surface area contributed by atoms with Crippen LogP contribution in [0.4, 0.5) is 17.6 Å². The van der Waals surface area contributed by atoms with Crippen LogP contribution in [0, 0.1) is 17.2 Å². The average Bonchev–Trinajstić information content (AvgIpc) is 2.83. The Morgan fingerprint density at radius 1 is 1.08 bits per heavy atom. The van der Waals surface area contributed by atoms with Crippen LogP contribution in [-0.4, -0.2) is 30.3 Å². The molecule has 0 spiro atoms. The Bertz CT molecular complexity index is 1170. The number of hydrogen-bond acceptors (Lipinski definition) is 4. The van der Waals surface area contributed by atoms with Gasteiger partial charge in [0, 0.05) is 18.2 Å². The van der Waals surface area contributed by atoms with Gasteiger partial charge >= 0.3 is 6.36 Å². The number of amides is 2. The fourth-order valence-corrected chi connectivity index (χ4v) is 5.66. The number of carbonyl (C=O) groups excluding carboxylic acids is 2. The molecule has 2 amide bonds. The SMILES string of the molecule is CC1CC2(NC(=O)COc3ccc(Cl)c(F)c3)CCC1(C(=O)NCc1cccc(OC(F)(F)F)c1)CC2. The van der Waals surface area contributed by atoms with Gasteiger partial charge in [-0.1, -0.05) is 30.7 Å². The number of fused-ring (bicyclic) bond motifs is 3. The van der Waals surface area contributed by atoms with E-state index in [4.69, 9.17) is 16.3 Å². The van der Waals surface area contributed by atoms with Crippen LogP contribution in [0.3, 0.4) is 0 Å². The number of carbonyl (C=O) groups is 2. The zero-order chi connectivity index (χ0) is 26.8. The molecule has 3 aliphatic carbocycles. The Balaban J connectivity index is 1.31. The first-order valence-electron chi connectivity index (χ1n) is 11.9. The first-order valence-corrected chi connectivity index (χ1v) is 12.3. The van der Waals surface area contributed by atoms with Gasteiger partial charge in [0.05, 0.1) is 10.4 Å². The molecular weight excluding hydrogens is 516 g/mol. The number of benzene rings is 2. The maximum Gasteiger partial charge on any atom is 0.573 e. The lowest BCUT2D eigenvalue weighted by Crippen LogP contribution is -2.63. The van der Waals surface area contributed by atoms with E-state index in [2.05, 4.69) is 15.4 Å². The Labute approximate surface area is 216 Å². The summed E-state index contributed by atoms with van der Waals surface area (Å²) >= 11 is 5.66. The molecule has 3 saturated carbocycles. The lowest BCUT2D eigenvalue weighted by molar-refractivity contribution is -0.274. The van der Waals surface area contributed by atoms with E-state index in [-0.39, 0.29) is 47.4 Å². The molecule has 37 heavy (non-hydrogen) atoms. The fourth-order valence-electron chi connectivity index (χ4n) is 5.54. The molecule has 2 bridgehead atoms. The molecule has 6 nitrogen and oxygen atoms in total. The predicted octanol–water partition coefficient (Wildman–Crippen LogP) is 5.53. The molecule has 3 fully saturated rings.